The highest BCUT2D eigenvalue weighted by Crippen LogP contribution is 2.40. The van der Waals surface area contributed by atoms with Gasteiger partial charge in [0.05, 0.1) is 12.7 Å². The second-order valence-corrected chi connectivity index (χ2v) is 4.48. The SMILES string of the molecule is N#CCN1C(=O)N[C@@]2(CCOc3ccccc32)C1=O. The van der Waals surface area contributed by atoms with Crippen LogP contribution < -0.4 is 10.1 Å². The van der Waals surface area contributed by atoms with Crippen LogP contribution in [0.4, 0.5) is 4.79 Å². The third kappa shape index (κ3) is 1.48. The summed E-state index contributed by atoms with van der Waals surface area (Å²) in [5.41, 5.74) is -0.428. The van der Waals surface area contributed by atoms with Crippen molar-refractivity contribution in [3.8, 4) is 11.8 Å². The Balaban J connectivity index is 2.09. The summed E-state index contributed by atoms with van der Waals surface area (Å²) in [5, 5.41) is 11.4. The molecule has 1 aromatic rings. The van der Waals surface area contributed by atoms with Crippen LogP contribution in [0.3, 0.4) is 0 Å². The van der Waals surface area contributed by atoms with Crippen LogP contribution in [0.25, 0.3) is 0 Å². The lowest BCUT2D eigenvalue weighted by Gasteiger charge is -2.32. The summed E-state index contributed by atoms with van der Waals surface area (Å²) in [6, 6.07) is 8.44. The first kappa shape index (κ1) is 11.5. The Morgan fingerprint density at radius 3 is 3.00 bits per heavy atom. The van der Waals surface area contributed by atoms with E-state index in [-0.39, 0.29) is 12.5 Å². The number of carbonyl (C=O) groups excluding carboxylic acids is 2. The quantitative estimate of drug-likeness (QED) is 0.594. The molecule has 1 fully saturated rings. The number of nitrogens with one attached hydrogen (secondary N) is 1. The summed E-state index contributed by atoms with van der Waals surface area (Å²) in [5.74, 6) is 0.219. The average Bonchev–Trinajstić information content (AvgIpc) is 2.65. The molecule has 1 aromatic carbocycles. The molecule has 0 bridgehead atoms. The van der Waals surface area contributed by atoms with Crippen LogP contribution in [0, 0.1) is 11.3 Å². The van der Waals surface area contributed by atoms with Crippen molar-refractivity contribution < 1.29 is 14.3 Å². The van der Waals surface area contributed by atoms with E-state index < -0.39 is 11.6 Å². The Morgan fingerprint density at radius 2 is 2.21 bits per heavy atom. The van der Waals surface area contributed by atoms with Crippen molar-refractivity contribution in [1.82, 2.24) is 10.2 Å². The third-order valence-corrected chi connectivity index (χ3v) is 3.49. The van der Waals surface area contributed by atoms with Gasteiger partial charge in [-0.15, -0.1) is 0 Å². The summed E-state index contributed by atoms with van der Waals surface area (Å²) in [4.78, 5) is 25.3. The summed E-state index contributed by atoms with van der Waals surface area (Å²) < 4.78 is 5.50. The number of nitriles is 1. The van der Waals surface area contributed by atoms with Gasteiger partial charge in [0, 0.05) is 12.0 Å². The predicted octanol–water partition coefficient (Wildman–Crippen LogP) is 0.740. The zero-order valence-corrected chi connectivity index (χ0v) is 10.0. The normalized spacial score (nSPS) is 24.7. The van der Waals surface area contributed by atoms with Crippen LogP contribution in [0.2, 0.25) is 0 Å². The molecule has 0 radical (unpaired) electrons. The van der Waals surface area contributed by atoms with Crippen LogP contribution >= 0.6 is 0 Å². The smallest absolute Gasteiger partial charge is 0.326 e. The number of ether oxygens (including phenoxy) is 1. The van der Waals surface area contributed by atoms with E-state index in [1.165, 1.54) is 0 Å². The molecule has 0 aliphatic carbocycles. The molecule has 0 aromatic heterocycles. The highest BCUT2D eigenvalue weighted by molar-refractivity contribution is 6.08. The molecule has 19 heavy (non-hydrogen) atoms. The lowest BCUT2D eigenvalue weighted by molar-refractivity contribution is -0.132. The van der Waals surface area contributed by atoms with Crippen LogP contribution in [0.5, 0.6) is 5.75 Å². The van der Waals surface area contributed by atoms with Crippen molar-refractivity contribution >= 4 is 11.9 Å². The van der Waals surface area contributed by atoms with E-state index >= 15 is 0 Å². The molecule has 1 atom stereocenters. The van der Waals surface area contributed by atoms with Crippen molar-refractivity contribution in [2.75, 3.05) is 13.2 Å². The molecule has 6 heteroatoms. The molecule has 3 rings (SSSR count). The van der Waals surface area contributed by atoms with Gasteiger partial charge >= 0.3 is 6.03 Å². The number of hydrogen-bond acceptors (Lipinski definition) is 4. The number of amides is 3. The maximum atomic E-state index is 12.5. The first-order valence-corrected chi connectivity index (χ1v) is 5.92. The Morgan fingerprint density at radius 1 is 1.42 bits per heavy atom. The zero-order chi connectivity index (χ0) is 13.5. The number of nitrogens with zero attached hydrogens (tertiary/aromatic N) is 2. The van der Waals surface area contributed by atoms with Gasteiger partial charge in [0.25, 0.3) is 5.91 Å². The van der Waals surface area contributed by atoms with Gasteiger partial charge < -0.3 is 10.1 Å². The van der Waals surface area contributed by atoms with E-state index in [4.69, 9.17) is 10.00 Å². The molecule has 1 saturated heterocycles. The number of para-hydroxylation sites is 1. The zero-order valence-electron chi connectivity index (χ0n) is 10.0. The molecular weight excluding hydrogens is 246 g/mol. The van der Waals surface area contributed by atoms with Crippen LogP contribution in [-0.4, -0.2) is 30.0 Å². The number of fused-ring (bicyclic) bond motifs is 2. The molecule has 6 nitrogen and oxygen atoms in total. The first-order chi connectivity index (χ1) is 9.19. The highest BCUT2D eigenvalue weighted by Gasteiger charge is 2.54. The molecule has 2 aliphatic heterocycles. The molecule has 2 aliphatic rings. The summed E-state index contributed by atoms with van der Waals surface area (Å²) in [7, 11) is 0. The van der Waals surface area contributed by atoms with E-state index in [2.05, 4.69) is 5.32 Å². The lowest BCUT2D eigenvalue weighted by Crippen LogP contribution is -2.47. The lowest BCUT2D eigenvalue weighted by atomic mass is 9.84. The van der Waals surface area contributed by atoms with Crippen molar-refractivity contribution in [2.24, 2.45) is 0 Å². The maximum Gasteiger partial charge on any atom is 0.326 e. The van der Waals surface area contributed by atoms with Gasteiger partial charge in [0.15, 0.2) is 5.54 Å². The summed E-state index contributed by atoms with van der Waals surface area (Å²) in [6.45, 7) is 0.110. The van der Waals surface area contributed by atoms with E-state index in [0.29, 0.717) is 24.3 Å². The predicted molar refractivity (Wildman–Crippen MR) is 64.1 cm³/mol. The van der Waals surface area contributed by atoms with E-state index in [0.717, 1.165) is 4.90 Å². The minimum Gasteiger partial charge on any atom is -0.493 e. The molecule has 0 saturated carbocycles. The van der Waals surface area contributed by atoms with E-state index in [9.17, 15) is 9.59 Å². The van der Waals surface area contributed by atoms with Crippen molar-refractivity contribution in [3.63, 3.8) is 0 Å². The fraction of sp³-hybridized carbons (Fsp3) is 0.308. The molecule has 2 heterocycles. The second kappa shape index (κ2) is 3.99. The van der Waals surface area contributed by atoms with E-state index in [1.807, 2.05) is 12.1 Å². The van der Waals surface area contributed by atoms with Gasteiger partial charge in [0.1, 0.15) is 12.3 Å². The fourth-order valence-corrected chi connectivity index (χ4v) is 2.59. The van der Waals surface area contributed by atoms with E-state index in [1.54, 1.807) is 18.2 Å². The Kier molecular flexibility index (Phi) is 2.42. The fourth-order valence-electron chi connectivity index (χ4n) is 2.59. The molecule has 1 spiro atoms. The monoisotopic (exact) mass is 257 g/mol. The minimum absolute atomic E-state index is 0.241. The van der Waals surface area contributed by atoms with Crippen LogP contribution in [0.1, 0.15) is 12.0 Å². The average molecular weight is 257 g/mol. The number of urea groups is 1. The number of benzene rings is 1. The van der Waals surface area contributed by atoms with Crippen LogP contribution in [0.15, 0.2) is 24.3 Å². The standard InChI is InChI=1S/C13H11N3O3/c14-6-7-16-11(17)13(15-12(16)18)5-8-19-10-4-2-1-3-9(10)13/h1-4H,5,7-8H2,(H,15,18)/t13-/m1/s1. The van der Waals surface area contributed by atoms with Crippen molar-refractivity contribution in [1.29, 1.82) is 5.26 Å². The first-order valence-electron chi connectivity index (χ1n) is 5.92. The highest BCUT2D eigenvalue weighted by atomic mass is 16.5. The summed E-state index contributed by atoms with van der Waals surface area (Å²) in [6.07, 6.45) is 0.372. The second-order valence-electron chi connectivity index (χ2n) is 4.48. The van der Waals surface area contributed by atoms with Crippen LogP contribution in [-0.2, 0) is 10.3 Å². The van der Waals surface area contributed by atoms with Crippen molar-refractivity contribution in [2.45, 2.75) is 12.0 Å². The van der Waals surface area contributed by atoms with Gasteiger partial charge in [-0.3, -0.25) is 4.79 Å². The molecule has 1 N–H and O–H groups in total. The number of carbonyl (C=O) groups is 2. The Hall–Kier alpha value is -2.55. The number of hydrogen-bond donors (Lipinski definition) is 1. The third-order valence-electron chi connectivity index (χ3n) is 3.49. The topological polar surface area (TPSA) is 82.4 Å². The van der Waals surface area contributed by atoms with Gasteiger partial charge in [-0.25, -0.2) is 9.69 Å². The molecule has 3 amide bonds. The number of imide groups is 1. The largest absolute Gasteiger partial charge is 0.493 e. The molecule has 0 unspecified atom stereocenters. The maximum absolute atomic E-state index is 12.5. The molecule has 96 valence electrons. The van der Waals surface area contributed by atoms with Gasteiger partial charge in [-0.2, -0.15) is 5.26 Å². The van der Waals surface area contributed by atoms with Crippen molar-refractivity contribution in [3.05, 3.63) is 29.8 Å². The minimum atomic E-state index is -1.08. The summed E-state index contributed by atoms with van der Waals surface area (Å²) >= 11 is 0. The van der Waals surface area contributed by atoms with Gasteiger partial charge in [0.2, 0.25) is 0 Å². The number of rotatable bonds is 1. The molecular formula is C13H11N3O3. The van der Waals surface area contributed by atoms with Gasteiger partial charge in [-0.05, 0) is 6.07 Å². The Bertz CT molecular complexity index is 607. The van der Waals surface area contributed by atoms with Gasteiger partial charge in [-0.1, -0.05) is 18.2 Å². The Labute approximate surface area is 109 Å².